The molecule has 3 heteroatoms. The predicted molar refractivity (Wildman–Crippen MR) is 52.8 cm³/mol. The molecule has 0 amide bonds. The van der Waals surface area contributed by atoms with Crippen molar-refractivity contribution < 1.29 is 9.84 Å². The molecule has 1 saturated heterocycles. The Labute approximate surface area is 80.5 Å². The molecule has 0 aromatic rings. The lowest BCUT2D eigenvalue weighted by Gasteiger charge is -2.12. The maximum Gasteiger partial charge on any atom is 0.0664 e. The number of ether oxygens (including phenoxy) is 1. The van der Waals surface area contributed by atoms with E-state index in [4.69, 9.17) is 4.74 Å². The second kappa shape index (κ2) is 6.35. The van der Waals surface area contributed by atoms with Crippen LogP contribution in [0.3, 0.4) is 0 Å². The summed E-state index contributed by atoms with van der Waals surface area (Å²) in [6.45, 7) is 1.63. The monoisotopic (exact) mass is 187 g/mol. The minimum atomic E-state index is -0.189. The van der Waals surface area contributed by atoms with Crippen molar-refractivity contribution in [1.29, 1.82) is 0 Å². The summed E-state index contributed by atoms with van der Waals surface area (Å²) in [5.41, 5.74) is 0. The zero-order valence-electron chi connectivity index (χ0n) is 8.46. The van der Waals surface area contributed by atoms with Gasteiger partial charge < -0.3 is 15.2 Å². The summed E-state index contributed by atoms with van der Waals surface area (Å²) in [5.74, 6) is 0. The van der Waals surface area contributed by atoms with Gasteiger partial charge in [0.05, 0.1) is 12.2 Å². The Balaban J connectivity index is 1.93. The summed E-state index contributed by atoms with van der Waals surface area (Å²) < 4.78 is 5.50. The highest BCUT2D eigenvalue weighted by molar-refractivity contribution is 4.66. The fraction of sp³-hybridized carbons (Fsp3) is 1.00. The van der Waals surface area contributed by atoms with Crippen LogP contribution in [0.5, 0.6) is 0 Å². The number of aliphatic hydroxyl groups is 1. The zero-order valence-corrected chi connectivity index (χ0v) is 8.46. The van der Waals surface area contributed by atoms with E-state index < -0.39 is 0 Å². The highest BCUT2D eigenvalue weighted by Crippen LogP contribution is 2.17. The normalized spacial score (nSPS) is 24.9. The van der Waals surface area contributed by atoms with Crippen molar-refractivity contribution in [1.82, 2.24) is 5.32 Å². The van der Waals surface area contributed by atoms with E-state index in [1.54, 1.807) is 0 Å². The molecule has 1 rings (SSSR count). The van der Waals surface area contributed by atoms with Crippen LogP contribution < -0.4 is 5.32 Å². The lowest BCUT2D eigenvalue weighted by Crippen LogP contribution is -2.23. The van der Waals surface area contributed by atoms with Gasteiger partial charge in [-0.1, -0.05) is 0 Å². The van der Waals surface area contributed by atoms with Gasteiger partial charge in [0.25, 0.3) is 0 Å². The van der Waals surface area contributed by atoms with Crippen molar-refractivity contribution >= 4 is 0 Å². The molecule has 2 unspecified atom stereocenters. The molecule has 3 nitrogen and oxygen atoms in total. The zero-order chi connectivity index (χ0) is 9.52. The first kappa shape index (κ1) is 11.0. The molecule has 0 spiro atoms. The third kappa shape index (κ3) is 4.60. The van der Waals surface area contributed by atoms with Crippen LogP contribution in [0, 0.1) is 0 Å². The fourth-order valence-electron chi connectivity index (χ4n) is 1.79. The van der Waals surface area contributed by atoms with E-state index >= 15 is 0 Å². The molecular weight excluding hydrogens is 166 g/mol. The predicted octanol–water partition coefficient (Wildman–Crippen LogP) is 0.916. The highest BCUT2D eigenvalue weighted by atomic mass is 16.5. The van der Waals surface area contributed by atoms with Crippen LogP contribution >= 0.6 is 0 Å². The lowest BCUT2D eigenvalue weighted by atomic mass is 10.1. The Morgan fingerprint density at radius 3 is 3.08 bits per heavy atom. The number of aliphatic hydroxyl groups excluding tert-OH is 1. The smallest absolute Gasteiger partial charge is 0.0664 e. The van der Waals surface area contributed by atoms with Gasteiger partial charge in [0.2, 0.25) is 0 Å². The largest absolute Gasteiger partial charge is 0.392 e. The lowest BCUT2D eigenvalue weighted by molar-refractivity contribution is 0.0946. The first-order valence-corrected chi connectivity index (χ1v) is 5.27. The van der Waals surface area contributed by atoms with E-state index in [9.17, 15) is 5.11 Å². The standard InChI is InChI=1S/C10H21NO2/c1-11-8-9(12)4-2-5-10-6-3-7-13-10/h9-12H,2-8H2,1H3. The second-order valence-corrected chi connectivity index (χ2v) is 3.78. The number of hydrogen-bond acceptors (Lipinski definition) is 3. The molecule has 0 saturated carbocycles. The summed E-state index contributed by atoms with van der Waals surface area (Å²) in [6, 6.07) is 0. The molecule has 0 aliphatic carbocycles. The van der Waals surface area contributed by atoms with Gasteiger partial charge in [-0.25, -0.2) is 0 Å². The molecule has 13 heavy (non-hydrogen) atoms. The minimum absolute atomic E-state index is 0.189. The van der Waals surface area contributed by atoms with Gasteiger partial charge in [0.1, 0.15) is 0 Å². The van der Waals surface area contributed by atoms with Crippen molar-refractivity contribution in [2.75, 3.05) is 20.2 Å². The van der Waals surface area contributed by atoms with Gasteiger partial charge in [-0.15, -0.1) is 0 Å². The van der Waals surface area contributed by atoms with Gasteiger partial charge in [-0.2, -0.15) is 0 Å². The van der Waals surface area contributed by atoms with Crippen LogP contribution in [-0.2, 0) is 4.74 Å². The van der Waals surface area contributed by atoms with Crippen molar-refractivity contribution in [3.05, 3.63) is 0 Å². The number of likely N-dealkylation sites (N-methyl/N-ethyl adjacent to an activating group) is 1. The molecule has 78 valence electrons. The van der Waals surface area contributed by atoms with Crippen molar-refractivity contribution in [3.8, 4) is 0 Å². The third-order valence-electron chi connectivity index (χ3n) is 2.53. The average Bonchev–Trinajstić information content (AvgIpc) is 2.57. The SMILES string of the molecule is CNCC(O)CCCC1CCCO1. The Kier molecular flexibility index (Phi) is 5.35. The number of rotatable bonds is 6. The molecule has 1 fully saturated rings. The molecule has 0 aromatic heterocycles. The Morgan fingerprint density at radius 1 is 1.62 bits per heavy atom. The van der Waals surface area contributed by atoms with Crippen molar-refractivity contribution in [3.63, 3.8) is 0 Å². The summed E-state index contributed by atoms with van der Waals surface area (Å²) in [4.78, 5) is 0. The van der Waals surface area contributed by atoms with E-state index in [2.05, 4.69) is 5.32 Å². The van der Waals surface area contributed by atoms with Gasteiger partial charge in [-0.05, 0) is 39.2 Å². The van der Waals surface area contributed by atoms with Gasteiger partial charge in [-0.3, -0.25) is 0 Å². The molecule has 0 aromatic carbocycles. The Hall–Kier alpha value is -0.120. The molecule has 2 N–H and O–H groups in total. The topological polar surface area (TPSA) is 41.5 Å². The molecule has 1 heterocycles. The fourth-order valence-corrected chi connectivity index (χ4v) is 1.79. The number of nitrogens with one attached hydrogen (secondary N) is 1. The summed E-state index contributed by atoms with van der Waals surface area (Å²) in [6.07, 6.45) is 5.79. The van der Waals surface area contributed by atoms with E-state index in [1.807, 2.05) is 7.05 Å². The van der Waals surface area contributed by atoms with E-state index in [-0.39, 0.29) is 6.10 Å². The van der Waals surface area contributed by atoms with E-state index in [0.717, 1.165) is 25.9 Å². The van der Waals surface area contributed by atoms with Crippen LogP contribution in [0.25, 0.3) is 0 Å². The second-order valence-electron chi connectivity index (χ2n) is 3.78. The van der Waals surface area contributed by atoms with E-state index in [1.165, 1.54) is 12.8 Å². The molecule has 1 aliphatic rings. The van der Waals surface area contributed by atoms with Gasteiger partial charge in [0, 0.05) is 13.2 Å². The highest BCUT2D eigenvalue weighted by Gasteiger charge is 2.15. The maximum absolute atomic E-state index is 9.42. The van der Waals surface area contributed by atoms with E-state index in [0.29, 0.717) is 12.6 Å². The average molecular weight is 187 g/mol. The van der Waals surface area contributed by atoms with Crippen LogP contribution in [0.15, 0.2) is 0 Å². The molecule has 0 radical (unpaired) electrons. The Morgan fingerprint density at radius 2 is 2.46 bits per heavy atom. The summed E-state index contributed by atoms with van der Waals surface area (Å²) in [5, 5.41) is 12.4. The summed E-state index contributed by atoms with van der Waals surface area (Å²) >= 11 is 0. The van der Waals surface area contributed by atoms with Gasteiger partial charge >= 0.3 is 0 Å². The van der Waals surface area contributed by atoms with Crippen LogP contribution in [0.1, 0.15) is 32.1 Å². The van der Waals surface area contributed by atoms with Crippen LogP contribution in [0.4, 0.5) is 0 Å². The Bertz CT molecular complexity index is 124. The van der Waals surface area contributed by atoms with Crippen molar-refractivity contribution in [2.45, 2.75) is 44.3 Å². The number of hydrogen-bond donors (Lipinski definition) is 2. The first-order valence-electron chi connectivity index (χ1n) is 5.27. The molecule has 2 atom stereocenters. The molecule has 0 bridgehead atoms. The minimum Gasteiger partial charge on any atom is -0.392 e. The molecule has 1 aliphatic heterocycles. The first-order chi connectivity index (χ1) is 6.33. The van der Waals surface area contributed by atoms with Gasteiger partial charge in [0.15, 0.2) is 0 Å². The third-order valence-corrected chi connectivity index (χ3v) is 2.53. The van der Waals surface area contributed by atoms with Crippen LogP contribution in [0.2, 0.25) is 0 Å². The quantitative estimate of drug-likeness (QED) is 0.649. The van der Waals surface area contributed by atoms with Crippen molar-refractivity contribution in [2.24, 2.45) is 0 Å². The van der Waals surface area contributed by atoms with Crippen LogP contribution in [-0.4, -0.2) is 37.5 Å². The summed E-state index contributed by atoms with van der Waals surface area (Å²) in [7, 11) is 1.86. The maximum atomic E-state index is 9.42. The molecular formula is C10H21NO2.